The molecule has 0 aromatic heterocycles. The molecule has 1 rings (SSSR count). The molecule has 0 radical (unpaired) electrons. The first kappa shape index (κ1) is 16.9. The standard InChI is InChI=1S/C13H16N2O5S/c1-15(2)12(16)9-14-21(19,20)11-6-3-10(4-7-11)5-8-13(17)18/h3-8,14H,9H2,1-2H3,(H,17,18)/b8-5+. The number of carboxylic acids is 1. The van der Waals surface area contributed by atoms with E-state index in [1.165, 1.54) is 49.3 Å². The summed E-state index contributed by atoms with van der Waals surface area (Å²) in [4.78, 5) is 23.0. The van der Waals surface area contributed by atoms with Gasteiger partial charge in [-0.3, -0.25) is 4.79 Å². The zero-order valence-electron chi connectivity index (χ0n) is 11.6. The Kier molecular flexibility index (Phi) is 5.62. The summed E-state index contributed by atoms with van der Waals surface area (Å²) in [6, 6.07) is 5.62. The minimum absolute atomic E-state index is 0.00142. The zero-order valence-corrected chi connectivity index (χ0v) is 12.4. The van der Waals surface area contributed by atoms with Crippen LogP contribution in [0.2, 0.25) is 0 Å². The molecule has 7 nitrogen and oxygen atoms in total. The van der Waals surface area contributed by atoms with Crippen molar-refractivity contribution in [3.05, 3.63) is 35.9 Å². The average Bonchev–Trinajstić information content (AvgIpc) is 2.43. The van der Waals surface area contributed by atoms with Crippen molar-refractivity contribution < 1.29 is 23.1 Å². The third-order valence-corrected chi connectivity index (χ3v) is 3.94. The predicted octanol–water partition coefficient (Wildman–Crippen LogP) is 0.151. The second kappa shape index (κ2) is 7.00. The Morgan fingerprint density at radius 3 is 2.29 bits per heavy atom. The van der Waals surface area contributed by atoms with Crippen LogP contribution in [0.5, 0.6) is 0 Å². The molecule has 1 amide bonds. The number of sulfonamides is 1. The van der Waals surface area contributed by atoms with Crippen LogP contribution in [0.1, 0.15) is 5.56 Å². The third-order valence-electron chi connectivity index (χ3n) is 2.52. The van der Waals surface area contributed by atoms with E-state index in [1.54, 1.807) is 0 Å². The largest absolute Gasteiger partial charge is 0.478 e. The lowest BCUT2D eigenvalue weighted by atomic mass is 10.2. The number of hydrogen-bond donors (Lipinski definition) is 2. The maximum absolute atomic E-state index is 11.9. The summed E-state index contributed by atoms with van der Waals surface area (Å²) in [7, 11) is -0.719. The van der Waals surface area contributed by atoms with Crippen LogP contribution in [0.3, 0.4) is 0 Å². The van der Waals surface area contributed by atoms with Gasteiger partial charge in [0.15, 0.2) is 0 Å². The van der Waals surface area contributed by atoms with Crippen molar-refractivity contribution in [2.24, 2.45) is 0 Å². The molecule has 0 aliphatic heterocycles. The molecule has 0 bridgehead atoms. The van der Waals surface area contributed by atoms with E-state index in [-0.39, 0.29) is 17.3 Å². The van der Waals surface area contributed by atoms with Gasteiger partial charge >= 0.3 is 5.97 Å². The smallest absolute Gasteiger partial charge is 0.328 e. The summed E-state index contributed by atoms with van der Waals surface area (Å²) in [6.07, 6.45) is 2.30. The minimum atomic E-state index is -3.77. The topological polar surface area (TPSA) is 104 Å². The highest BCUT2D eigenvalue weighted by Gasteiger charge is 2.15. The summed E-state index contributed by atoms with van der Waals surface area (Å²) >= 11 is 0. The summed E-state index contributed by atoms with van der Waals surface area (Å²) in [5.74, 6) is -1.45. The van der Waals surface area contributed by atoms with E-state index >= 15 is 0 Å². The first-order valence-electron chi connectivity index (χ1n) is 5.93. The van der Waals surface area contributed by atoms with Crippen LogP contribution in [0.15, 0.2) is 35.2 Å². The quantitative estimate of drug-likeness (QED) is 0.728. The van der Waals surface area contributed by atoms with Crippen LogP contribution in [0, 0.1) is 0 Å². The van der Waals surface area contributed by atoms with E-state index in [0.717, 1.165) is 6.08 Å². The summed E-state index contributed by atoms with van der Waals surface area (Å²) in [5.41, 5.74) is 0.556. The number of carboxylic acid groups (broad SMARTS) is 1. The maximum atomic E-state index is 11.9. The molecular formula is C13H16N2O5S. The van der Waals surface area contributed by atoms with Gasteiger partial charge in [0.05, 0.1) is 11.4 Å². The second-order valence-corrected chi connectivity index (χ2v) is 6.12. The number of hydrogen-bond acceptors (Lipinski definition) is 4. The van der Waals surface area contributed by atoms with Crippen molar-refractivity contribution in [3.63, 3.8) is 0 Å². The fraction of sp³-hybridized carbons (Fsp3) is 0.231. The number of carbonyl (C=O) groups is 2. The summed E-state index contributed by atoms with van der Waals surface area (Å²) < 4.78 is 26.1. The van der Waals surface area contributed by atoms with Crippen LogP contribution in [-0.2, 0) is 19.6 Å². The van der Waals surface area contributed by atoms with Gasteiger partial charge in [-0.25, -0.2) is 17.9 Å². The molecule has 1 aromatic carbocycles. The van der Waals surface area contributed by atoms with Crippen molar-refractivity contribution in [2.75, 3.05) is 20.6 Å². The Morgan fingerprint density at radius 1 is 1.24 bits per heavy atom. The third kappa shape index (κ3) is 5.36. The van der Waals surface area contributed by atoms with Gasteiger partial charge in [-0.2, -0.15) is 0 Å². The van der Waals surface area contributed by atoms with E-state index in [9.17, 15) is 18.0 Å². The molecule has 1 aromatic rings. The van der Waals surface area contributed by atoms with Gasteiger partial charge in [-0.15, -0.1) is 0 Å². The molecule has 0 aliphatic carbocycles. The van der Waals surface area contributed by atoms with Crippen molar-refractivity contribution in [1.82, 2.24) is 9.62 Å². The van der Waals surface area contributed by atoms with Crippen LogP contribution in [0.4, 0.5) is 0 Å². The van der Waals surface area contributed by atoms with Gasteiger partial charge in [0, 0.05) is 20.2 Å². The Bertz CT molecular complexity index is 648. The fourth-order valence-electron chi connectivity index (χ4n) is 1.32. The summed E-state index contributed by atoms with van der Waals surface area (Å²) in [5, 5.41) is 8.50. The van der Waals surface area contributed by atoms with Gasteiger partial charge in [0.25, 0.3) is 0 Å². The van der Waals surface area contributed by atoms with Crippen molar-refractivity contribution in [3.8, 4) is 0 Å². The molecule has 0 saturated carbocycles. The van der Waals surface area contributed by atoms with Gasteiger partial charge in [0.2, 0.25) is 15.9 Å². The Balaban J connectivity index is 2.80. The highest BCUT2D eigenvalue weighted by atomic mass is 32.2. The number of rotatable bonds is 6. The Hall–Kier alpha value is -2.19. The highest BCUT2D eigenvalue weighted by molar-refractivity contribution is 7.89. The number of nitrogens with zero attached hydrogens (tertiary/aromatic N) is 1. The van der Waals surface area contributed by atoms with E-state index in [1.807, 2.05) is 0 Å². The number of amides is 1. The molecule has 2 N–H and O–H groups in total. The zero-order chi connectivity index (χ0) is 16.0. The average molecular weight is 312 g/mol. The molecule has 0 fully saturated rings. The van der Waals surface area contributed by atoms with Gasteiger partial charge in [-0.1, -0.05) is 12.1 Å². The van der Waals surface area contributed by atoms with Crippen LogP contribution in [-0.4, -0.2) is 50.9 Å². The molecule has 0 saturated heterocycles. The van der Waals surface area contributed by atoms with Gasteiger partial charge < -0.3 is 10.0 Å². The number of benzene rings is 1. The lowest BCUT2D eigenvalue weighted by Gasteiger charge is -2.11. The van der Waals surface area contributed by atoms with Gasteiger partial charge in [-0.05, 0) is 23.8 Å². The van der Waals surface area contributed by atoms with Gasteiger partial charge in [0.1, 0.15) is 0 Å². The van der Waals surface area contributed by atoms with Crippen molar-refractivity contribution >= 4 is 28.0 Å². The molecule has 114 valence electrons. The fourth-order valence-corrected chi connectivity index (χ4v) is 2.30. The number of aliphatic carboxylic acids is 1. The van der Waals surface area contributed by atoms with Crippen LogP contribution in [0.25, 0.3) is 6.08 Å². The molecule has 8 heteroatoms. The van der Waals surface area contributed by atoms with Crippen LogP contribution >= 0.6 is 0 Å². The first-order chi connectivity index (χ1) is 9.72. The monoisotopic (exact) mass is 312 g/mol. The van der Waals surface area contributed by atoms with E-state index in [0.29, 0.717) is 5.56 Å². The van der Waals surface area contributed by atoms with E-state index < -0.39 is 16.0 Å². The van der Waals surface area contributed by atoms with E-state index in [2.05, 4.69) is 4.72 Å². The number of likely N-dealkylation sites (N-methyl/N-ethyl adjacent to an activating group) is 1. The lowest BCUT2D eigenvalue weighted by molar-refractivity contribution is -0.131. The first-order valence-corrected chi connectivity index (χ1v) is 7.41. The number of nitrogens with one attached hydrogen (secondary N) is 1. The summed E-state index contributed by atoms with van der Waals surface area (Å²) in [6.45, 7) is -0.323. The highest BCUT2D eigenvalue weighted by Crippen LogP contribution is 2.11. The SMILES string of the molecule is CN(C)C(=O)CNS(=O)(=O)c1ccc(/C=C/C(=O)O)cc1. The molecule has 0 aliphatic rings. The molecule has 0 unspecified atom stereocenters. The van der Waals surface area contributed by atoms with E-state index in [4.69, 9.17) is 5.11 Å². The Morgan fingerprint density at radius 2 is 1.81 bits per heavy atom. The molecule has 0 spiro atoms. The number of carbonyl (C=O) groups excluding carboxylic acids is 1. The molecule has 0 atom stereocenters. The van der Waals surface area contributed by atoms with Crippen molar-refractivity contribution in [2.45, 2.75) is 4.90 Å². The predicted molar refractivity (Wildman–Crippen MR) is 77.0 cm³/mol. The molecule has 21 heavy (non-hydrogen) atoms. The second-order valence-electron chi connectivity index (χ2n) is 4.35. The molecular weight excluding hydrogens is 296 g/mol. The minimum Gasteiger partial charge on any atom is -0.478 e. The Labute approximate surface area is 122 Å². The lowest BCUT2D eigenvalue weighted by Crippen LogP contribution is -2.36. The van der Waals surface area contributed by atoms with Crippen LogP contribution < -0.4 is 4.72 Å². The van der Waals surface area contributed by atoms with Crippen molar-refractivity contribution in [1.29, 1.82) is 0 Å². The maximum Gasteiger partial charge on any atom is 0.328 e. The molecule has 0 heterocycles. The normalized spacial score (nSPS) is 11.5.